The summed E-state index contributed by atoms with van der Waals surface area (Å²) in [5, 5.41) is 0. The highest BCUT2D eigenvalue weighted by atomic mass is 32.2. The standard InChI is InChI=1S/C18H20N2O5S/c21-26(22,15-1-2-17-18(10-15)25-8-7-24-17)20-16-12-23-11-14(16)9-13-3-5-19-6-4-13/h1-6,10,14,16,20H,7-9,11-12H2/t14-,16-/m1/s1. The third-order valence-electron chi connectivity index (χ3n) is 4.58. The van der Waals surface area contributed by atoms with Crippen LogP contribution in [0.25, 0.3) is 0 Å². The van der Waals surface area contributed by atoms with Gasteiger partial charge in [0, 0.05) is 24.4 Å². The highest BCUT2D eigenvalue weighted by Crippen LogP contribution is 2.32. The Balaban J connectivity index is 1.50. The average Bonchev–Trinajstić information content (AvgIpc) is 3.08. The fraction of sp³-hybridized carbons (Fsp3) is 0.389. The molecule has 3 heterocycles. The summed E-state index contributed by atoms with van der Waals surface area (Å²) < 4.78 is 44.8. The molecule has 0 radical (unpaired) electrons. The Labute approximate surface area is 152 Å². The van der Waals surface area contributed by atoms with Crippen LogP contribution in [0, 0.1) is 5.92 Å². The van der Waals surface area contributed by atoms with Gasteiger partial charge < -0.3 is 14.2 Å². The molecule has 8 heteroatoms. The summed E-state index contributed by atoms with van der Waals surface area (Å²) in [6.45, 7) is 1.76. The number of nitrogens with zero attached hydrogens (tertiary/aromatic N) is 1. The smallest absolute Gasteiger partial charge is 0.241 e. The first-order chi connectivity index (χ1) is 12.6. The first-order valence-corrected chi connectivity index (χ1v) is 9.99. The van der Waals surface area contributed by atoms with Gasteiger partial charge in [-0.3, -0.25) is 4.98 Å². The molecule has 0 saturated carbocycles. The Hall–Kier alpha value is -2.16. The van der Waals surface area contributed by atoms with Crippen LogP contribution < -0.4 is 14.2 Å². The van der Waals surface area contributed by atoms with Crippen molar-refractivity contribution in [2.75, 3.05) is 26.4 Å². The summed E-state index contributed by atoms with van der Waals surface area (Å²) in [7, 11) is -3.68. The highest BCUT2D eigenvalue weighted by molar-refractivity contribution is 7.89. The molecule has 2 atom stereocenters. The number of hydrogen-bond acceptors (Lipinski definition) is 6. The van der Waals surface area contributed by atoms with E-state index < -0.39 is 10.0 Å². The molecule has 2 aliphatic heterocycles. The zero-order valence-corrected chi connectivity index (χ0v) is 14.9. The normalized spacial score (nSPS) is 22.3. The van der Waals surface area contributed by atoms with E-state index >= 15 is 0 Å². The molecule has 26 heavy (non-hydrogen) atoms. The van der Waals surface area contributed by atoms with Gasteiger partial charge in [-0.1, -0.05) is 0 Å². The molecule has 0 unspecified atom stereocenters. The molecular formula is C18H20N2O5S. The van der Waals surface area contributed by atoms with Crippen LogP contribution in [0.15, 0.2) is 47.6 Å². The largest absolute Gasteiger partial charge is 0.486 e. The lowest BCUT2D eigenvalue weighted by Crippen LogP contribution is -2.40. The molecule has 1 aromatic carbocycles. The highest BCUT2D eigenvalue weighted by Gasteiger charge is 2.32. The van der Waals surface area contributed by atoms with Crippen LogP contribution in [0.2, 0.25) is 0 Å². The summed E-state index contributed by atoms with van der Waals surface area (Å²) in [6, 6.07) is 8.26. The number of rotatable bonds is 5. The Morgan fingerprint density at radius 3 is 2.62 bits per heavy atom. The topological polar surface area (TPSA) is 86.8 Å². The summed E-state index contributed by atoms with van der Waals surface area (Å²) in [5.74, 6) is 1.09. The second-order valence-corrected chi connectivity index (χ2v) is 8.10. The lowest BCUT2D eigenvalue weighted by Gasteiger charge is -2.21. The van der Waals surface area contributed by atoms with Gasteiger partial charge in [-0.25, -0.2) is 13.1 Å². The second kappa shape index (κ2) is 7.22. The van der Waals surface area contributed by atoms with Crippen LogP contribution >= 0.6 is 0 Å². The van der Waals surface area contributed by atoms with E-state index in [9.17, 15) is 8.42 Å². The fourth-order valence-electron chi connectivity index (χ4n) is 3.21. The third-order valence-corrected chi connectivity index (χ3v) is 6.06. The van der Waals surface area contributed by atoms with Crippen LogP contribution in [0.5, 0.6) is 11.5 Å². The van der Waals surface area contributed by atoms with Crippen molar-refractivity contribution in [3.63, 3.8) is 0 Å². The van der Waals surface area contributed by atoms with E-state index in [1.807, 2.05) is 12.1 Å². The number of hydrogen-bond donors (Lipinski definition) is 1. The van der Waals surface area contributed by atoms with Gasteiger partial charge in [0.25, 0.3) is 0 Å². The van der Waals surface area contributed by atoms with Crippen molar-refractivity contribution in [2.24, 2.45) is 5.92 Å². The zero-order valence-electron chi connectivity index (χ0n) is 14.1. The molecule has 1 aromatic heterocycles. The van der Waals surface area contributed by atoms with Gasteiger partial charge in [-0.15, -0.1) is 0 Å². The van der Waals surface area contributed by atoms with Crippen LogP contribution in [0.3, 0.4) is 0 Å². The van der Waals surface area contributed by atoms with E-state index in [0.717, 1.165) is 12.0 Å². The summed E-state index contributed by atoms with van der Waals surface area (Å²) >= 11 is 0. The van der Waals surface area contributed by atoms with Gasteiger partial charge in [0.1, 0.15) is 13.2 Å². The van der Waals surface area contributed by atoms with Crippen LogP contribution in [0.4, 0.5) is 0 Å². The van der Waals surface area contributed by atoms with Gasteiger partial charge in [0.15, 0.2) is 11.5 Å². The predicted octanol–water partition coefficient (Wildman–Crippen LogP) is 1.39. The molecule has 7 nitrogen and oxygen atoms in total. The molecule has 2 aromatic rings. The lowest BCUT2D eigenvalue weighted by atomic mass is 9.96. The first kappa shape index (κ1) is 17.3. The van der Waals surface area contributed by atoms with Gasteiger partial charge in [-0.2, -0.15) is 0 Å². The number of ether oxygens (including phenoxy) is 3. The van der Waals surface area contributed by atoms with Gasteiger partial charge >= 0.3 is 0 Å². The number of nitrogens with one attached hydrogen (secondary N) is 1. The Morgan fingerprint density at radius 2 is 1.81 bits per heavy atom. The Kier molecular flexibility index (Phi) is 4.80. The van der Waals surface area contributed by atoms with Gasteiger partial charge in [0.05, 0.1) is 24.2 Å². The Bertz CT molecular complexity index is 872. The summed E-state index contributed by atoms with van der Waals surface area (Å²) in [4.78, 5) is 4.17. The van der Waals surface area contributed by atoms with Crippen molar-refractivity contribution in [1.82, 2.24) is 9.71 Å². The minimum Gasteiger partial charge on any atom is -0.486 e. The molecule has 1 saturated heterocycles. The van der Waals surface area contributed by atoms with E-state index in [4.69, 9.17) is 14.2 Å². The quantitative estimate of drug-likeness (QED) is 0.849. The van der Waals surface area contributed by atoms with E-state index in [1.165, 1.54) is 12.1 Å². The van der Waals surface area contributed by atoms with Crippen molar-refractivity contribution >= 4 is 10.0 Å². The van der Waals surface area contributed by atoms with Crippen LogP contribution in [-0.2, 0) is 21.2 Å². The van der Waals surface area contributed by atoms with Crippen molar-refractivity contribution < 1.29 is 22.6 Å². The summed E-state index contributed by atoms with van der Waals surface area (Å²) in [5.41, 5.74) is 1.11. The maximum absolute atomic E-state index is 12.8. The monoisotopic (exact) mass is 376 g/mol. The zero-order chi connectivity index (χ0) is 18.0. The molecule has 0 spiro atoms. The minimum absolute atomic E-state index is 0.0735. The first-order valence-electron chi connectivity index (χ1n) is 8.50. The third kappa shape index (κ3) is 3.67. The number of aromatic nitrogens is 1. The van der Waals surface area contributed by atoms with E-state index in [2.05, 4.69) is 9.71 Å². The molecule has 138 valence electrons. The van der Waals surface area contributed by atoms with E-state index in [-0.39, 0.29) is 16.9 Å². The number of benzene rings is 1. The molecule has 4 rings (SSSR count). The maximum Gasteiger partial charge on any atom is 0.241 e. The van der Waals surface area contributed by atoms with Gasteiger partial charge in [-0.05, 0) is 36.2 Å². The number of fused-ring (bicyclic) bond motifs is 1. The molecule has 0 bridgehead atoms. The van der Waals surface area contributed by atoms with Gasteiger partial charge in [0.2, 0.25) is 10.0 Å². The molecule has 2 aliphatic rings. The molecule has 0 aliphatic carbocycles. The van der Waals surface area contributed by atoms with Crippen molar-refractivity contribution in [1.29, 1.82) is 0 Å². The van der Waals surface area contributed by atoms with Crippen LogP contribution in [-0.4, -0.2) is 45.9 Å². The Morgan fingerprint density at radius 1 is 1.04 bits per heavy atom. The molecule has 1 fully saturated rings. The number of pyridine rings is 1. The lowest BCUT2D eigenvalue weighted by molar-refractivity contribution is 0.171. The number of sulfonamides is 1. The maximum atomic E-state index is 12.8. The van der Waals surface area contributed by atoms with Crippen molar-refractivity contribution in [2.45, 2.75) is 17.4 Å². The molecule has 0 amide bonds. The fourth-order valence-corrected chi connectivity index (χ4v) is 4.51. The summed E-state index contributed by atoms with van der Waals surface area (Å²) in [6.07, 6.45) is 4.20. The van der Waals surface area contributed by atoms with E-state index in [0.29, 0.717) is 37.9 Å². The van der Waals surface area contributed by atoms with Crippen LogP contribution in [0.1, 0.15) is 5.56 Å². The average molecular weight is 376 g/mol. The van der Waals surface area contributed by atoms with Crippen molar-refractivity contribution in [3.8, 4) is 11.5 Å². The minimum atomic E-state index is -3.68. The van der Waals surface area contributed by atoms with Crippen molar-refractivity contribution in [3.05, 3.63) is 48.3 Å². The molecule has 1 N–H and O–H groups in total. The molecular weight excluding hydrogens is 356 g/mol. The predicted molar refractivity (Wildman–Crippen MR) is 93.8 cm³/mol. The second-order valence-electron chi connectivity index (χ2n) is 6.39. The SMILES string of the molecule is O=S(=O)(N[C@@H]1COC[C@H]1Cc1ccncc1)c1ccc2c(c1)OCCO2. The van der Waals surface area contributed by atoms with E-state index in [1.54, 1.807) is 18.5 Å².